The van der Waals surface area contributed by atoms with Crippen molar-refractivity contribution in [1.82, 2.24) is 0 Å². The molecule has 76 valence electrons. The zero-order chi connectivity index (χ0) is 10.6. The molecule has 1 aromatic carbocycles. The van der Waals surface area contributed by atoms with Gasteiger partial charge in [0.25, 0.3) is 0 Å². The fourth-order valence-electron chi connectivity index (χ4n) is 0.949. The number of hydrogen-bond acceptors (Lipinski definition) is 2. The molecule has 14 heavy (non-hydrogen) atoms. The number of ether oxygens (including phenoxy) is 1. The summed E-state index contributed by atoms with van der Waals surface area (Å²) >= 11 is 11.3. The van der Waals surface area contributed by atoms with Crippen LogP contribution in [0.1, 0.15) is 0 Å². The van der Waals surface area contributed by atoms with Gasteiger partial charge in [-0.1, -0.05) is 17.7 Å². The van der Waals surface area contributed by atoms with Crippen LogP contribution in [0.5, 0.6) is 5.75 Å². The third-order valence-corrected chi connectivity index (χ3v) is 2.21. The normalized spacial score (nSPS) is 9.64. The summed E-state index contributed by atoms with van der Waals surface area (Å²) < 4.78 is 4.98. The highest BCUT2D eigenvalue weighted by Gasteiger charge is 2.08. The zero-order valence-electron chi connectivity index (χ0n) is 7.51. The van der Waals surface area contributed by atoms with Gasteiger partial charge < -0.3 is 10.1 Å². The predicted molar refractivity (Wildman–Crippen MR) is 57.4 cm³/mol. The number of alkyl halides is 1. The molecule has 0 aliphatic heterocycles. The Morgan fingerprint density at radius 3 is 2.86 bits per heavy atom. The van der Waals surface area contributed by atoms with Crippen molar-refractivity contribution in [2.24, 2.45) is 0 Å². The van der Waals surface area contributed by atoms with E-state index >= 15 is 0 Å². The van der Waals surface area contributed by atoms with Crippen molar-refractivity contribution in [3.8, 4) is 5.75 Å². The highest BCUT2D eigenvalue weighted by molar-refractivity contribution is 6.36. The van der Waals surface area contributed by atoms with Crippen LogP contribution in [0, 0.1) is 0 Å². The summed E-state index contributed by atoms with van der Waals surface area (Å²) in [6.45, 7) is 0. The molecule has 1 N–H and O–H groups in total. The summed E-state index contributed by atoms with van der Waals surface area (Å²) in [7, 11) is 1.51. The summed E-state index contributed by atoms with van der Waals surface area (Å²) in [4.78, 5) is 11.0. The number of carbonyl (C=O) groups excluding carboxylic acids is 1. The first-order valence-electron chi connectivity index (χ1n) is 3.87. The van der Waals surface area contributed by atoms with Crippen LogP contribution < -0.4 is 10.1 Å². The first kappa shape index (κ1) is 11.1. The molecule has 0 unspecified atom stereocenters. The Morgan fingerprint density at radius 1 is 1.57 bits per heavy atom. The minimum Gasteiger partial charge on any atom is -0.495 e. The van der Waals surface area contributed by atoms with Gasteiger partial charge in [-0.2, -0.15) is 0 Å². The molecule has 1 rings (SSSR count). The van der Waals surface area contributed by atoms with E-state index < -0.39 is 0 Å². The van der Waals surface area contributed by atoms with Crippen LogP contribution in [-0.4, -0.2) is 18.9 Å². The maximum atomic E-state index is 11.0. The fourth-order valence-corrected chi connectivity index (χ4v) is 1.27. The molecule has 0 saturated carbocycles. The van der Waals surface area contributed by atoms with E-state index in [4.69, 9.17) is 27.9 Å². The second-order valence-corrected chi connectivity index (χ2v) is 3.15. The predicted octanol–water partition coefficient (Wildman–Crippen LogP) is 2.53. The van der Waals surface area contributed by atoms with E-state index in [1.54, 1.807) is 18.2 Å². The Hall–Kier alpha value is -0.930. The van der Waals surface area contributed by atoms with Gasteiger partial charge in [-0.3, -0.25) is 4.79 Å². The Labute approximate surface area is 92.0 Å². The first-order valence-corrected chi connectivity index (χ1v) is 4.78. The number of hydrogen-bond donors (Lipinski definition) is 1. The number of halogens is 2. The van der Waals surface area contributed by atoms with E-state index in [1.807, 2.05) is 0 Å². The Morgan fingerprint density at radius 2 is 2.29 bits per heavy atom. The van der Waals surface area contributed by atoms with Crippen molar-refractivity contribution in [1.29, 1.82) is 0 Å². The SMILES string of the molecule is COc1cccc(NC(=O)CCl)c1Cl. The van der Waals surface area contributed by atoms with Crippen molar-refractivity contribution in [3.05, 3.63) is 23.2 Å². The average molecular weight is 234 g/mol. The minimum atomic E-state index is -0.304. The lowest BCUT2D eigenvalue weighted by atomic mass is 10.3. The standard InChI is InChI=1S/C9H9Cl2NO2/c1-14-7-4-2-3-6(9(7)11)12-8(13)5-10/h2-4H,5H2,1H3,(H,12,13). The number of benzene rings is 1. The topological polar surface area (TPSA) is 38.3 Å². The van der Waals surface area contributed by atoms with E-state index in [9.17, 15) is 4.79 Å². The second kappa shape index (κ2) is 5.08. The van der Waals surface area contributed by atoms with E-state index in [-0.39, 0.29) is 11.8 Å². The smallest absolute Gasteiger partial charge is 0.239 e. The van der Waals surface area contributed by atoms with Crippen molar-refractivity contribution >= 4 is 34.8 Å². The molecule has 0 fully saturated rings. The lowest BCUT2D eigenvalue weighted by Crippen LogP contribution is -2.12. The molecule has 1 aromatic rings. The molecular formula is C9H9Cl2NO2. The molecule has 0 aromatic heterocycles. The maximum Gasteiger partial charge on any atom is 0.239 e. The molecule has 0 aliphatic carbocycles. The molecule has 0 aliphatic rings. The van der Waals surface area contributed by atoms with Crippen molar-refractivity contribution in [2.45, 2.75) is 0 Å². The third-order valence-electron chi connectivity index (χ3n) is 1.58. The van der Waals surface area contributed by atoms with E-state index in [0.717, 1.165) is 0 Å². The van der Waals surface area contributed by atoms with Gasteiger partial charge in [0.05, 0.1) is 12.8 Å². The summed E-state index contributed by atoms with van der Waals surface area (Å²) in [6.07, 6.45) is 0. The molecule has 5 heteroatoms. The van der Waals surface area contributed by atoms with Crippen LogP contribution in [0.3, 0.4) is 0 Å². The van der Waals surface area contributed by atoms with Crippen molar-refractivity contribution in [3.63, 3.8) is 0 Å². The number of anilines is 1. The monoisotopic (exact) mass is 233 g/mol. The molecule has 0 radical (unpaired) electrons. The summed E-state index contributed by atoms with van der Waals surface area (Å²) in [5.74, 6) is 0.105. The quantitative estimate of drug-likeness (QED) is 0.816. The van der Waals surface area contributed by atoms with Crippen molar-refractivity contribution in [2.75, 3.05) is 18.3 Å². The number of nitrogens with one attached hydrogen (secondary N) is 1. The van der Waals surface area contributed by atoms with Gasteiger partial charge in [0.15, 0.2) is 0 Å². The second-order valence-electron chi connectivity index (χ2n) is 2.50. The van der Waals surface area contributed by atoms with Crippen LogP contribution in [0.4, 0.5) is 5.69 Å². The molecular weight excluding hydrogens is 225 g/mol. The molecule has 0 spiro atoms. The lowest BCUT2D eigenvalue weighted by Gasteiger charge is -2.08. The Kier molecular flexibility index (Phi) is 4.04. The Balaban J connectivity index is 2.92. The van der Waals surface area contributed by atoms with Gasteiger partial charge in [-0.15, -0.1) is 11.6 Å². The molecule has 0 atom stereocenters. The fraction of sp³-hybridized carbons (Fsp3) is 0.222. The average Bonchev–Trinajstić information content (AvgIpc) is 2.21. The van der Waals surface area contributed by atoms with Crippen LogP contribution >= 0.6 is 23.2 Å². The number of carbonyl (C=O) groups is 1. The zero-order valence-corrected chi connectivity index (χ0v) is 9.02. The van der Waals surface area contributed by atoms with Crippen LogP contribution in [0.2, 0.25) is 5.02 Å². The van der Waals surface area contributed by atoms with E-state index in [0.29, 0.717) is 16.5 Å². The van der Waals surface area contributed by atoms with Crippen LogP contribution in [-0.2, 0) is 4.79 Å². The number of rotatable bonds is 3. The molecule has 3 nitrogen and oxygen atoms in total. The van der Waals surface area contributed by atoms with Crippen molar-refractivity contribution < 1.29 is 9.53 Å². The van der Waals surface area contributed by atoms with E-state index in [1.165, 1.54) is 7.11 Å². The number of amides is 1. The minimum absolute atomic E-state index is 0.104. The summed E-state index contributed by atoms with van der Waals surface area (Å²) in [5, 5.41) is 2.92. The maximum absolute atomic E-state index is 11.0. The molecule has 0 bridgehead atoms. The number of methoxy groups -OCH3 is 1. The third kappa shape index (κ3) is 2.53. The van der Waals surface area contributed by atoms with Gasteiger partial charge in [0, 0.05) is 0 Å². The highest BCUT2D eigenvalue weighted by atomic mass is 35.5. The van der Waals surface area contributed by atoms with Gasteiger partial charge in [0.2, 0.25) is 5.91 Å². The van der Waals surface area contributed by atoms with Crippen LogP contribution in [0.15, 0.2) is 18.2 Å². The van der Waals surface area contributed by atoms with Gasteiger partial charge in [-0.05, 0) is 12.1 Å². The van der Waals surface area contributed by atoms with Gasteiger partial charge >= 0.3 is 0 Å². The molecule has 0 heterocycles. The largest absolute Gasteiger partial charge is 0.495 e. The van der Waals surface area contributed by atoms with Crippen LogP contribution in [0.25, 0.3) is 0 Å². The molecule has 0 saturated heterocycles. The van der Waals surface area contributed by atoms with E-state index in [2.05, 4.69) is 5.32 Å². The van der Waals surface area contributed by atoms with Gasteiger partial charge in [-0.25, -0.2) is 0 Å². The lowest BCUT2D eigenvalue weighted by molar-refractivity contribution is -0.113. The first-order chi connectivity index (χ1) is 6.69. The van der Waals surface area contributed by atoms with Gasteiger partial charge in [0.1, 0.15) is 16.7 Å². The Bertz CT molecular complexity index is 342. The highest BCUT2D eigenvalue weighted by Crippen LogP contribution is 2.31. The molecule has 1 amide bonds. The summed E-state index contributed by atoms with van der Waals surface area (Å²) in [6, 6.07) is 5.11. The summed E-state index contributed by atoms with van der Waals surface area (Å²) in [5.41, 5.74) is 0.497.